The van der Waals surface area contributed by atoms with Gasteiger partial charge in [0.25, 0.3) is 15.7 Å². The summed E-state index contributed by atoms with van der Waals surface area (Å²) in [6, 6.07) is 14.2. The number of hydrogen-bond donors (Lipinski definition) is 0. The van der Waals surface area contributed by atoms with E-state index in [-0.39, 0.29) is 33.2 Å². The summed E-state index contributed by atoms with van der Waals surface area (Å²) in [5, 5.41) is 0. The van der Waals surface area contributed by atoms with Crippen molar-refractivity contribution in [2.24, 2.45) is 0 Å². The molecule has 8 nitrogen and oxygen atoms in total. The molecule has 0 N–H and O–H groups in total. The third kappa shape index (κ3) is 4.85. The zero-order valence-corrected chi connectivity index (χ0v) is 23.3. The number of aryl methyl sites for hydroxylation is 1. The van der Waals surface area contributed by atoms with E-state index in [2.05, 4.69) is 0 Å². The normalized spacial score (nSPS) is 19.3. The molecule has 0 spiro atoms. The SMILES string of the molecule is COc1cc2c(cc1OC)N(S(=O)(=O)c1ccc(C)cc1)[C@H](c1ccccc1)[C@](F)(C(=O)OC(C)(C)C)C2=O. The summed E-state index contributed by atoms with van der Waals surface area (Å²) in [6.45, 7) is 6.38. The van der Waals surface area contributed by atoms with Crippen molar-refractivity contribution in [3.05, 3.63) is 83.4 Å². The summed E-state index contributed by atoms with van der Waals surface area (Å²) < 4.78 is 63.0. The Morgan fingerprint density at radius 1 is 0.949 bits per heavy atom. The van der Waals surface area contributed by atoms with E-state index in [1.54, 1.807) is 37.3 Å². The van der Waals surface area contributed by atoms with Crippen LogP contribution in [0.25, 0.3) is 0 Å². The Hall–Kier alpha value is -3.92. The van der Waals surface area contributed by atoms with Crippen LogP contribution in [-0.4, -0.2) is 45.7 Å². The molecule has 3 aromatic rings. The van der Waals surface area contributed by atoms with Crippen molar-refractivity contribution in [1.29, 1.82) is 0 Å². The van der Waals surface area contributed by atoms with Crippen LogP contribution in [0.5, 0.6) is 11.5 Å². The van der Waals surface area contributed by atoms with E-state index in [0.29, 0.717) is 0 Å². The Labute approximate surface area is 227 Å². The monoisotopic (exact) mass is 555 g/mol. The van der Waals surface area contributed by atoms with Gasteiger partial charge in [-0.3, -0.25) is 9.10 Å². The third-order valence-corrected chi connectivity index (χ3v) is 8.11. The lowest BCUT2D eigenvalue weighted by molar-refractivity contribution is -0.167. The first-order valence-corrected chi connectivity index (χ1v) is 13.6. The summed E-state index contributed by atoms with van der Waals surface area (Å²) in [7, 11) is -1.90. The van der Waals surface area contributed by atoms with Gasteiger partial charge >= 0.3 is 5.97 Å². The van der Waals surface area contributed by atoms with Gasteiger partial charge in [0, 0.05) is 6.07 Å². The fourth-order valence-electron chi connectivity index (χ4n) is 4.50. The summed E-state index contributed by atoms with van der Waals surface area (Å²) in [6.07, 6.45) is 0. The molecule has 0 unspecified atom stereocenters. The number of sulfonamides is 1. The quantitative estimate of drug-likeness (QED) is 0.305. The van der Waals surface area contributed by atoms with E-state index in [1.807, 2.05) is 0 Å². The molecule has 206 valence electrons. The fourth-order valence-corrected chi connectivity index (χ4v) is 6.16. The molecule has 2 atom stereocenters. The molecule has 0 bridgehead atoms. The average Bonchev–Trinajstić information content (AvgIpc) is 2.89. The summed E-state index contributed by atoms with van der Waals surface area (Å²) in [4.78, 5) is 27.4. The predicted octanol–water partition coefficient (Wildman–Crippen LogP) is 5.20. The van der Waals surface area contributed by atoms with E-state index >= 15 is 4.39 Å². The second-order valence-corrected chi connectivity index (χ2v) is 12.0. The lowest BCUT2D eigenvalue weighted by Crippen LogP contribution is -2.60. The van der Waals surface area contributed by atoms with E-state index in [0.717, 1.165) is 9.87 Å². The molecule has 10 heteroatoms. The Morgan fingerprint density at radius 2 is 1.51 bits per heavy atom. The van der Waals surface area contributed by atoms with Gasteiger partial charge in [-0.05, 0) is 51.5 Å². The number of methoxy groups -OCH3 is 2. The maximum absolute atomic E-state index is 17.5. The molecule has 0 aromatic heterocycles. The van der Waals surface area contributed by atoms with Gasteiger partial charge < -0.3 is 14.2 Å². The van der Waals surface area contributed by atoms with Crippen molar-refractivity contribution in [3.8, 4) is 11.5 Å². The van der Waals surface area contributed by atoms with Crippen molar-refractivity contribution in [1.82, 2.24) is 0 Å². The first kappa shape index (κ1) is 28.1. The van der Waals surface area contributed by atoms with Crippen LogP contribution in [-0.2, 0) is 19.6 Å². The number of carbonyl (C=O) groups is 2. The minimum absolute atomic E-state index is 0.0574. The number of rotatable bonds is 6. The van der Waals surface area contributed by atoms with Gasteiger partial charge in [-0.1, -0.05) is 48.0 Å². The van der Waals surface area contributed by atoms with Gasteiger partial charge in [0.15, 0.2) is 11.5 Å². The number of halogens is 1. The molecular weight excluding hydrogens is 525 g/mol. The number of Topliss-reactive ketones (excluding diaryl/α,β-unsaturated/α-hetero) is 1. The number of anilines is 1. The van der Waals surface area contributed by atoms with Gasteiger partial charge in [0.2, 0.25) is 5.78 Å². The van der Waals surface area contributed by atoms with Crippen LogP contribution >= 0.6 is 0 Å². The first-order chi connectivity index (χ1) is 18.3. The Kier molecular flexibility index (Phi) is 7.20. The molecule has 0 amide bonds. The highest BCUT2D eigenvalue weighted by Gasteiger charge is 2.64. The van der Waals surface area contributed by atoms with Crippen LogP contribution in [0, 0.1) is 6.92 Å². The Bertz CT molecular complexity index is 1520. The van der Waals surface area contributed by atoms with Crippen LogP contribution < -0.4 is 13.8 Å². The molecule has 0 aliphatic carbocycles. The van der Waals surface area contributed by atoms with Crippen molar-refractivity contribution in [3.63, 3.8) is 0 Å². The van der Waals surface area contributed by atoms with Crippen molar-refractivity contribution >= 4 is 27.5 Å². The van der Waals surface area contributed by atoms with Crippen LogP contribution in [0.1, 0.15) is 48.3 Å². The van der Waals surface area contributed by atoms with Crippen molar-refractivity contribution in [2.75, 3.05) is 18.5 Å². The van der Waals surface area contributed by atoms with Crippen LogP contribution in [0.4, 0.5) is 10.1 Å². The molecule has 1 aliphatic heterocycles. The van der Waals surface area contributed by atoms with E-state index < -0.39 is 39.1 Å². The second-order valence-electron chi connectivity index (χ2n) is 10.2. The van der Waals surface area contributed by atoms with Crippen molar-refractivity contribution in [2.45, 2.75) is 49.9 Å². The first-order valence-electron chi connectivity index (χ1n) is 12.1. The fraction of sp³-hybridized carbons (Fsp3) is 0.310. The summed E-state index contributed by atoms with van der Waals surface area (Å²) in [5.41, 5.74) is -4.26. The lowest BCUT2D eigenvalue weighted by Gasteiger charge is -2.44. The molecule has 0 radical (unpaired) electrons. The number of ether oxygens (including phenoxy) is 3. The maximum atomic E-state index is 17.5. The molecule has 39 heavy (non-hydrogen) atoms. The number of carbonyl (C=O) groups excluding carboxylic acids is 2. The Balaban J connectivity index is 2.13. The number of alkyl halides is 1. The Morgan fingerprint density at radius 3 is 2.05 bits per heavy atom. The number of esters is 1. The average molecular weight is 556 g/mol. The standard InChI is InChI=1S/C29H30FNO7S/c1-18-12-14-20(15-13-18)39(34,35)31-22-17-24(37-6)23(36-5)16-21(22)26(32)29(30,27(33)38-28(2,3)4)25(31)19-10-8-7-9-11-19/h7-17,25H,1-6H3/t25-,29-/m1/s1. The largest absolute Gasteiger partial charge is 0.493 e. The summed E-state index contributed by atoms with van der Waals surface area (Å²) >= 11 is 0. The van der Waals surface area contributed by atoms with Crippen LogP contribution in [0.2, 0.25) is 0 Å². The lowest BCUT2D eigenvalue weighted by atomic mass is 9.79. The highest BCUT2D eigenvalue weighted by molar-refractivity contribution is 7.92. The molecule has 4 rings (SSSR count). The van der Waals surface area contributed by atoms with Gasteiger partial charge in [-0.2, -0.15) is 0 Å². The maximum Gasteiger partial charge on any atom is 0.355 e. The number of nitrogens with zero attached hydrogens (tertiary/aromatic N) is 1. The van der Waals surface area contributed by atoms with E-state index in [9.17, 15) is 18.0 Å². The topological polar surface area (TPSA) is 99.2 Å². The minimum Gasteiger partial charge on any atom is -0.493 e. The molecule has 1 heterocycles. The smallest absolute Gasteiger partial charge is 0.355 e. The number of ketones is 1. The number of fused-ring (bicyclic) bond motifs is 1. The third-order valence-electron chi connectivity index (χ3n) is 6.31. The van der Waals surface area contributed by atoms with Gasteiger partial charge in [0.05, 0.1) is 30.4 Å². The summed E-state index contributed by atoms with van der Waals surface area (Å²) in [5.74, 6) is -2.58. The van der Waals surface area contributed by atoms with Gasteiger partial charge in [-0.25, -0.2) is 17.6 Å². The predicted molar refractivity (Wildman–Crippen MR) is 144 cm³/mol. The molecular formula is C29H30FNO7S. The number of hydrogen-bond acceptors (Lipinski definition) is 7. The van der Waals surface area contributed by atoms with Gasteiger partial charge in [0.1, 0.15) is 11.6 Å². The van der Waals surface area contributed by atoms with Crippen molar-refractivity contribution < 1.29 is 36.6 Å². The van der Waals surface area contributed by atoms with Gasteiger partial charge in [-0.15, -0.1) is 0 Å². The zero-order valence-electron chi connectivity index (χ0n) is 22.5. The second kappa shape index (κ2) is 10.00. The van der Waals surface area contributed by atoms with E-state index in [4.69, 9.17) is 14.2 Å². The van der Waals surface area contributed by atoms with Crippen LogP contribution in [0.15, 0.2) is 71.6 Å². The highest BCUT2D eigenvalue weighted by atomic mass is 32.2. The van der Waals surface area contributed by atoms with Crippen LogP contribution in [0.3, 0.4) is 0 Å². The molecule has 0 saturated carbocycles. The highest BCUT2D eigenvalue weighted by Crippen LogP contribution is 2.52. The van der Waals surface area contributed by atoms with E-state index in [1.165, 1.54) is 71.4 Å². The molecule has 3 aromatic carbocycles. The molecule has 1 aliphatic rings. The molecule has 0 fully saturated rings. The molecule has 0 saturated heterocycles. The number of benzene rings is 3. The zero-order chi connectivity index (χ0) is 28.8. The minimum atomic E-state index is -4.57.